The standard InChI is InChI=1S/C9H13BrN2/c1-2-7(11)9-6(10)4-3-5-8(9)12/h3-5,7H,2,11-12H2,1H3/t7-/m0/s1. The highest BCUT2D eigenvalue weighted by Gasteiger charge is 2.10. The van der Waals surface area contributed by atoms with E-state index in [1.165, 1.54) is 0 Å². The Kier molecular flexibility index (Phi) is 3.12. The number of nitrogens with two attached hydrogens (primary N) is 2. The molecule has 0 saturated carbocycles. The summed E-state index contributed by atoms with van der Waals surface area (Å²) in [7, 11) is 0. The Bertz CT molecular complexity index is 253. The monoisotopic (exact) mass is 228 g/mol. The van der Waals surface area contributed by atoms with Gasteiger partial charge >= 0.3 is 0 Å². The van der Waals surface area contributed by atoms with Crippen LogP contribution in [0.2, 0.25) is 0 Å². The van der Waals surface area contributed by atoms with Gasteiger partial charge < -0.3 is 11.5 Å². The van der Waals surface area contributed by atoms with E-state index in [9.17, 15) is 0 Å². The summed E-state index contributed by atoms with van der Waals surface area (Å²) in [6, 6.07) is 5.77. The van der Waals surface area contributed by atoms with Crippen LogP contribution in [0.4, 0.5) is 5.69 Å². The Morgan fingerprint density at radius 3 is 2.67 bits per heavy atom. The van der Waals surface area contributed by atoms with Gasteiger partial charge in [0.15, 0.2) is 0 Å². The molecule has 0 amide bonds. The summed E-state index contributed by atoms with van der Waals surface area (Å²) in [5, 5.41) is 0. The summed E-state index contributed by atoms with van der Waals surface area (Å²) in [6.45, 7) is 2.05. The van der Waals surface area contributed by atoms with Gasteiger partial charge in [-0.1, -0.05) is 28.9 Å². The lowest BCUT2D eigenvalue weighted by Gasteiger charge is -2.13. The molecule has 0 saturated heterocycles. The Labute approximate surface area is 81.1 Å². The van der Waals surface area contributed by atoms with Gasteiger partial charge in [-0.15, -0.1) is 0 Å². The number of halogens is 1. The molecule has 0 unspecified atom stereocenters. The summed E-state index contributed by atoms with van der Waals surface area (Å²) in [5.74, 6) is 0. The van der Waals surface area contributed by atoms with Crippen molar-refractivity contribution in [1.82, 2.24) is 0 Å². The molecule has 12 heavy (non-hydrogen) atoms. The lowest BCUT2D eigenvalue weighted by Crippen LogP contribution is -2.11. The molecular formula is C9H13BrN2. The average molecular weight is 229 g/mol. The highest BCUT2D eigenvalue weighted by atomic mass is 79.9. The second-order valence-corrected chi connectivity index (χ2v) is 3.61. The molecule has 1 rings (SSSR count). The fraction of sp³-hybridized carbons (Fsp3) is 0.333. The predicted octanol–water partition coefficient (Wildman–Crippen LogP) is 2.44. The van der Waals surface area contributed by atoms with Crippen LogP contribution in [0.25, 0.3) is 0 Å². The van der Waals surface area contributed by atoms with Crippen LogP contribution in [-0.4, -0.2) is 0 Å². The fourth-order valence-electron chi connectivity index (χ4n) is 1.15. The molecule has 1 aromatic carbocycles. The molecule has 2 nitrogen and oxygen atoms in total. The van der Waals surface area contributed by atoms with Crippen LogP contribution in [0.3, 0.4) is 0 Å². The second kappa shape index (κ2) is 3.92. The van der Waals surface area contributed by atoms with Gasteiger partial charge in [0.25, 0.3) is 0 Å². The molecule has 1 aromatic rings. The van der Waals surface area contributed by atoms with Gasteiger partial charge in [-0.25, -0.2) is 0 Å². The largest absolute Gasteiger partial charge is 0.398 e. The highest BCUT2D eigenvalue weighted by Crippen LogP contribution is 2.28. The quantitative estimate of drug-likeness (QED) is 0.765. The average Bonchev–Trinajstić information content (AvgIpc) is 2.03. The third kappa shape index (κ3) is 1.79. The SMILES string of the molecule is CC[C@H](N)c1c(N)cccc1Br. The van der Waals surface area contributed by atoms with Gasteiger partial charge in [0.1, 0.15) is 0 Å². The van der Waals surface area contributed by atoms with Crippen molar-refractivity contribution < 1.29 is 0 Å². The third-order valence-electron chi connectivity index (χ3n) is 1.90. The zero-order valence-corrected chi connectivity index (χ0v) is 8.64. The minimum atomic E-state index is 0.0283. The van der Waals surface area contributed by atoms with Crippen LogP contribution in [0.15, 0.2) is 22.7 Å². The molecular weight excluding hydrogens is 216 g/mol. The minimum Gasteiger partial charge on any atom is -0.398 e. The summed E-state index contributed by atoms with van der Waals surface area (Å²) >= 11 is 3.43. The van der Waals surface area contributed by atoms with Crippen LogP contribution >= 0.6 is 15.9 Å². The molecule has 0 fully saturated rings. The van der Waals surface area contributed by atoms with Gasteiger partial charge in [-0.05, 0) is 18.6 Å². The zero-order valence-electron chi connectivity index (χ0n) is 7.05. The van der Waals surface area contributed by atoms with Gasteiger partial charge in [0, 0.05) is 21.8 Å². The first-order valence-corrected chi connectivity index (χ1v) is 4.75. The van der Waals surface area contributed by atoms with Crippen LogP contribution in [0, 0.1) is 0 Å². The van der Waals surface area contributed by atoms with Crippen molar-refractivity contribution in [2.75, 3.05) is 5.73 Å². The van der Waals surface area contributed by atoms with Crippen LogP contribution < -0.4 is 11.5 Å². The van der Waals surface area contributed by atoms with E-state index in [0.29, 0.717) is 0 Å². The molecule has 0 spiro atoms. The Balaban J connectivity index is 3.12. The van der Waals surface area contributed by atoms with Crippen LogP contribution in [0.5, 0.6) is 0 Å². The maximum Gasteiger partial charge on any atom is 0.0373 e. The molecule has 0 bridgehead atoms. The van der Waals surface area contributed by atoms with E-state index in [0.717, 1.165) is 22.1 Å². The van der Waals surface area contributed by atoms with Crippen molar-refractivity contribution >= 4 is 21.6 Å². The van der Waals surface area contributed by atoms with Crippen molar-refractivity contribution in [2.24, 2.45) is 5.73 Å². The van der Waals surface area contributed by atoms with E-state index in [1.54, 1.807) is 0 Å². The lowest BCUT2D eigenvalue weighted by atomic mass is 10.0. The number of anilines is 1. The number of hydrogen-bond donors (Lipinski definition) is 2. The molecule has 0 radical (unpaired) electrons. The summed E-state index contributed by atoms with van der Waals surface area (Å²) in [4.78, 5) is 0. The number of hydrogen-bond acceptors (Lipinski definition) is 2. The first kappa shape index (κ1) is 9.55. The van der Waals surface area contributed by atoms with Gasteiger partial charge in [-0.3, -0.25) is 0 Å². The van der Waals surface area contributed by atoms with E-state index in [-0.39, 0.29) is 6.04 Å². The first-order chi connectivity index (χ1) is 5.66. The molecule has 0 aliphatic carbocycles. The maximum absolute atomic E-state index is 5.89. The summed E-state index contributed by atoms with van der Waals surface area (Å²) < 4.78 is 0.997. The Morgan fingerprint density at radius 1 is 1.50 bits per heavy atom. The first-order valence-electron chi connectivity index (χ1n) is 3.96. The molecule has 0 aromatic heterocycles. The van der Waals surface area contributed by atoms with Crippen molar-refractivity contribution in [3.05, 3.63) is 28.2 Å². The van der Waals surface area contributed by atoms with Crippen molar-refractivity contribution in [3.63, 3.8) is 0 Å². The van der Waals surface area contributed by atoms with Crippen LogP contribution in [-0.2, 0) is 0 Å². The third-order valence-corrected chi connectivity index (χ3v) is 2.59. The smallest absolute Gasteiger partial charge is 0.0373 e. The molecule has 0 aliphatic heterocycles. The Hall–Kier alpha value is -0.540. The van der Waals surface area contributed by atoms with E-state index in [2.05, 4.69) is 15.9 Å². The molecule has 66 valence electrons. The molecule has 1 atom stereocenters. The van der Waals surface area contributed by atoms with Gasteiger partial charge in [0.05, 0.1) is 0 Å². The highest BCUT2D eigenvalue weighted by molar-refractivity contribution is 9.10. The van der Waals surface area contributed by atoms with Gasteiger partial charge in [0.2, 0.25) is 0 Å². The molecule has 3 heteroatoms. The van der Waals surface area contributed by atoms with Crippen molar-refractivity contribution in [3.8, 4) is 0 Å². The Morgan fingerprint density at radius 2 is 2.17 bits per heavy atom. The maximum atomic E-state index is 5.89. The molecule has 0 heterocycles. The van der Waals surface area contributed by atoms with E-state index in [4.69, 9.17) is 11.5 Å². The lowest BCUT2D eigenvalue weighted by molar-refractivity contribution is 0.698. The topological polar surface area (TPSA) is 52.0 Å². The van der Waals surface area contributed by atoms with E-state index < -0.39 is 0 Å². The number of nitrogen functional groups attached to an aromatic ring is 1. The van der Waals surface area contributed by atoms with Crippen LogP contribution in [0.1, 0.15) is 24.9 Å². The van der Waals surface area contributed by atoms with E-state index >= 15 is 0 Å². The van der Waals surface area contributed by atoms with Crippen molar-refractivity contribution in [1.29, 1.82) is 0 Å². The summed E-state index contributed by atoms with van der Waals surface area (Å²) in [6.07, 6.45) is 0.896. The zero-order chi connectivity index (χ0) is 9.14. The van der Waals surface area contributed by atoms with Crippen molar-refractivity contribution in [2.45, 2.75) is 19.4 Å². The molecule has 4 N–H and O–H groups in total. The molecule has 0 aliphatic rings. The van der Waals surface area contributed by atoms with E-state index in [1.807, 2.05) is 25.1 Å². The fourth-order valence-corrected chi connectivity index (χ4v) is 1.82. The number of rotatable bonds is 2. The normalized spacial score (nSPS) is 12.9. The summed E-state index contributed by atoms with van der Waals surface area (Å²) in [5.41, 5.74) is 13.5. The predicted molar refractivity (Wildman–Crippen MR) is 55.8 cm³/mol. The minimum absolute atomic E-state index is 0.0283. The second-order valence-electron chi connectivity index (χ2n) is 2.76. The van der Waals surface area contributed by atoms with Gasteiger partial charge in [-0.2, -0.15) is 0 Å². The number of benzene rings is 1.